The zero-order valence-electron chi connectivity index (χ0n) is 10.4. The summed E-state index contributed by atoms with van der Waals surface area (Å²) in [4.78, 5) is 25.9. The summed E-state index contributed by atoms with van der Waals surface area (Å²) in [5.74, 6) is -0.607. The predicted octanol–water partition coefficient (Wildman–Crippen LogP) is 0.912. The number of nitrogens with one attached hydrogen (secondary N) is 2. The van der Waals surface area contributed by atoms with Crippen LogP contribution in [0, 0.1) is 0 Å². The van der Waals surface area contributed by atoms with Gasteiger partial charge in [-0.25, -0.2) is 4.99 Å². The summed E-state index contributed by atoms with van der Waals surface area (Å²) >= 11 is 0. The molecule has 1 aliphatic rings. The van der Waals surface area contributed by atoms with Gasteiger partial charge in [0.25, 0.3) is 0 Å². The number of aliphatic imine (C=N–C) groups is 1. The van der Waals surface area contributed by atoms with Gasteiger partial charge in [-0.1, -0.05) is 38.1 Å². The monoisotopic (exact) mass is 245 g/mol. The van der Waals surface area contributed by atoms with Crippen molar-refractivity contribution in [2.45, 2.75) is 26.3 Å². The van der Waals surface area contributed by atoms with Crippen molar-refractivity contribution in [2.24, 2.45) is 4.99 Å². The molecule has 1 saturated heterocycles. The topological polar surface area (TPSA) is 70.6 Å². The number of amides is 2. The van der Waals surface area contributed by atoms with E-state index < -0.39 is 11.8 Å². The van der Waals surface area contributed by atoms with Gasteiger partial charge < -0.3 is 0 Å². The van der Waals surface area contributed by atoms with E-state index in [-0.39, 0.29) is 5.96 Å². The van der Waals surface area contributed by atoms with Gasteiger partial charge in [0.2, 0.25) is 5.96 Å². The molecule has 94 valence electrons. The predicted molar refractivity (Wildman–Crippen MR) is 68.0 cm³/mol. The van der Waals surface area contributed by atoms with E-state index in [1.165, 1.54) is 5.56 Å². The molecule has 1 fully saturated rings. The lowest BCUT2D eigenvalue weighted by Gasteiger charge is -2.05. The number of guanidine groups is 1. The fourth-order valence-corrected chi connectivity index (χ4v) is 1.62. The van der Waals surface area contributed by atoms with E-state index in [1.807, 2.05) is 12.1 Å². The summed E-state index contributed by atoms with van der Waals surface area (Å²) in [7, 11) is 0. The van der Waals surface area contributed by atoms with Crippen molar-refractivity contribution in [2.75, 3.05) is 0 Å². The van der Waals surface area contributed by atoms with Gasteiger partial charge in [-0.05, 0) is 17.0 Å². The lowest BCUT2D eigenvalue weighted by atomic mass is 10.0. The molecule has 1 aliphatic heterocycles. The minimum absolute atomic E-state index is 0.220. The second-order valence-corrected chi connectivity index (χ2v) is 4.47. The van der Waals surface area contributed by atoms with E-state index in [0.717, 1.165) is 5.56 Å². The molecule has 1 heterocycles. The first-order valence-electron chi connectivity index (χ1n) is 5.82. The fraction of sp³-hybridized carbons (Fsp3) is 0.308. The minimum atomic E-state index is -0.663. The van der Waals surface area contributed by atoms with Gasteiger partial charge in [0, 0.05) is 0 Å². The molecule has 1 aromatic rings. The molecule has 2 N–H and O–H groups in total. The van der Waals surface area contributed by atoms with E-state index in [1.54, 1.807) is 0 Å². The quantitative estimate of drug-likeness (QED) is 0.777. The Kier molecular flexibility index (Phi) is 3.41. The largest absolute Gasteiger partial charge is 0.316 e. The molecule has 2 rings (SSSR count). The van der Waals surface area contributed by atoms with Gasteiger partial charge >= 0.3 is 11.8 Å². The van der Waals surface area contributed by atoms with Crippen molar-refractivity contribution in [3.05, 3.63) is 35.4 Å². The van der Waals surface area contributed by atoms with Crippen LogP contribution >= 0.6 is 0 Å². The van der Waals surface area contributed by atoms with Crippen LogP contribution in [0.1, 0.15) is 30.9 Å². The number of carbonyl (C=O) groups is 2. The first-order valence-corrected chi connectivity index (χ1v) is 5.82. The van der Waals surface area contributed by atoms with Crippen molar-refractivity contribution >= 4 is 17.8 Å². The number of carbonyl (C=O) groups excluding carboxylic acids is 2. The molecule has 5 heteroatoms. The number of hydrogen-bond donors (Lipinski definition) is 2. The Labute approximate surface area is 105 Å². The Balaban J connectivity index is 2.00. The van der Waals surface area contributed by atoms with Gasteiger partial charge in [0.1, 0.15) is 0 Å². The van der Waals surface area contributed by atoms with Crippen molar-refractivity contribution in [1.82, 2.24) is 10.6 Å². The zero-order valence-corrected chi connectivity index (χ0v) is 10.4. The lowest BCUT2D eigenvalue weighted by molar-refractivity contribution is -0.135. The zero-order chi connectivity index (χ0) is 13.1. The maximum absolute atomic E-state index is 10.9. The van der Waals surface area contributed by atoms with Gasteiger partial charge in [0.05, 0.1) is 6.54 Å². The molecule has 5 nitrogen and oxygen atoms in total. The summed E-state index contributed by atoms with van der Waals surface area (Å²) in [6, 6.07) is 8.12. The van der Waals surface area contributed by atoms with Crippen molar-refractivity contribution in [3.8, 4) is 0 Å². The summed E-state index contributed by atoms with van der Waals surface area (Å²) < 4.78 is 0. The van der Waals surface area contributed by atoms with Crippen LogP contribution in [-0.2, 0) is 16.1 Å². The number of rotatable bonds is 3. The first-order chi connectivity index (χ1) is 8.56. The molecule has 0 saturated carbocycles. The second-order valence-electron chi connectivity index (χ2n) is 4.47. The summed E-state index contributed by atoms with van der Waals surface area (Å²) in [5.41, 5.74) is 2.30. The highest BCUT2D eigenvalue weighted by Gasteiger charge is 2.24. The molecule has 0 aliphatic carbocycles. The van der Waals surface area contributed by atoms with Crippen LogP contribution in [0.15, 0.2) is 29.3 Å². The molecule has 0 radical (unpaired) electrons. The fourth-order valence-electron chi connectivity index (χ4n) is 1.62. The van der Waals surface area contributed by atoms with Crippen LogP contribution in [0.3, 0.4) is 0 Å². The number of nitrogens with zero attached hydrogens (tertiary/aromatic N) is 1. The Morgan fingerprint density at radius 2 is 1.61 bits per heavy atom. The van der Waals surface area contributed by atoms with E-state index in [2.05, 4.69) is 41.6 Å². The summed E-state index contributed by atoms with van der Waals surface area (Å²) in [6.45, 7) is 4.70. The maximum Gasteiger partial charge on any atom is 0.316 e. The Morgan fingerprint density at radius 1 is 1.06 bits per heavy atom. The second kappa shape index (κ2) is 5.00. The molecule has 0 aromatic heterocycles. The van der Waals surface area contributed by atoms with Crippen LogP contribution in [0.2, 0.25) is 0 Å². The van der Waals surface area contributed by atoms with Crippen LogP contribution < -0.4 is 10.6 Å². The van der Waals surface area contributed by atoms with E-state index in [9.17, 15) is 9.59 Å². The normalized spacial score (nSPS) is 14.7. The highest BCUT2D eigenvalue weighted by Crippen LogP contribution is 2.15. The van der Waals surface area contributed by atoms with Crippen LogP contribution in [0.4, 0.5) is 0 Å². The molecule has 2 amide bonds. The van der Waals surface area contributed by atoms with Crippen LogP contribution in [0.5, 0.6) is 0 Å². The molecule has 18 heavy (non-hydrogen) atoms. The van der Waals surface area contributed by atoms with Gasteiger partial charge in [0.15, 0.2) is 0 Å². The van der Waals surface area contributed by atoms with Crippen LogP contribution in [-0.4, -0.2) is 17.8 Å². The van der Waals surface area contributed by atoms with Gasteiger partial charge in [-0.15, -0.1) is 0 Å². The minimum Gasteiger partial charge on any atom is -0.288 e. The Bertz CT molecular complexity index is 485. The summed E-state index contributed by atoms with van der Waals surface area (Å²) in [5, 5.41) is 4.71. The average molecular weight is 245 g/mol. The molecule has 0 spiro atoms. The SMILES string of the molecule is CC(C)c1ccc(CN=C2NC(=O)C(=O)N2)cc1. The van der Waals surface area contributed by atoms with Crippen molar-refractivity contribution in [3.63, 3.8) is 0 Å². The van der Waals surface area contributed by atoms with Crippen LogP contribution in [0.25, 0.3) is 0 Å². The Hall–Kier alpha value is -2.17. The standard InChI is InChI=1S/C13H15N3O2/c1-8(2)10-5-3-9(4-6-10)7-14-13-15-11(17)12(18)16-13/h3-6,8H,7H2,1-2H3,(H2,14,15,16,17,18). The third-order valence-corrected chi connectivity index (χ3v) is 2.74. The molecular formula is C13H15N3O2. The molecule has 0 bridgehead atoms. The number of benzene rings is 1. The van der Waals surface area contributed by atoms with E-state index in [4.69, 9.17) is 0 Å². The first kappa shape index (κ1) is 12.3. The Morgan fingerprint density at radius 3 is 2.11 bits per heavy atom. The molecule has 0 unspecified atom stereocenters. The van der Waals surface area contributed by atoms with Crippen molar-refractivity contribution in [1.29, 1.82) is 0 Å². The summed E-state index contributed by atoms with van der Waals surface area (Å²) in [6.07, 6.45) is 0. The highest BCUT2D eigenvalue weighted by atomic mass is 16.2. The smallest absolute Gasteiger partial charge is 0.288 e. The van der Waals surface area contributed by atoms with E-state index >= 15 is 0 Å². The highest BCUT2D eigenvalue weighted by molar-refractivity contribution is 6.45. The third kappa shape index (κ3) is 2.74. The third-order valence-electron chi connectivity index (χ3n) is 2.74. The van der Waals surface area contributed by atoms with Gasteiger partial charge in [-0.2, -0.15) is 0 Å². The van der Waals surface area contributed by atoms with Crippen molar-refractivity contribution < 1.29 is 9.59 Å². The molecule has 1 aromatic carbocycles. The van der Waals surface area contributed by atoms with E-state index in [0.29, 0.717) is 12.5 Å². The molecule has 0 atom stereocenters. The molecular weight excluding hydrogens is 230 g/mol. The lowest BCUT2D eigenvalue weighted by Crippen LogP contribution is -2.25. The number of hydrogen-bond acceptors (Lipinski definition) is 3. The van der Waals surface area contributed by atoms with Gasteiger partial charge in [-0.3, -0.25) is 20.2 Å². The average Bonchev–Trinajstić information content (AvgIpc) is 2.67. The maximum atomic E-state index is 10.9.